The van der Waals surface area contributed by atoms with Gasteiger partial charge >= 0.3 is 6.09 Å². The number of hydrogen-bond donors (Lipinski definition) is 2. The number of hydrogen-bond acceptors (Lipinski definition) is 5. The van der Waals surface area contributed by atoms with Gasteiger partial charge in [0.2, 0.25) is 11.8 Å². The zero-order valence-corrected chi connectivity index (χ0v) is 15.0. The second-order valence-electron chi connectivity index (χ2n) is 5.78. The summed E-state index contributed by atoms with van der Waals surface area (Å²) in [5.41, 5.74) is 0. The second kappa shape index (κ2) is 10.9. The van der Waals surface area contributed by atoms with Gasteiger partial charge in [-0.3, -0.25) is 14.5 Å². The average Bonchev–Trinajstić information content (AvgIpc) is 2.55. The molecule has 0 bridgehead atoms. The fraction of sp³-hybridized carbons (Fsp3) is 0.812. The number of carbonyl (C=O) groups is 3. The van der Waals surface area contributed by atoms with E-state index in [0.717, 1.165) is 0 Å². The van der Waals surface area contributed by atoms with Crippen LogP contribution in [-0.2, 0) is 14.3 Å². The van der Waals surface area contributed by atoms with Crippen LogP contribution in [0.5, 0.6) is 0 Å². The standard InChI is InChI=1S/C16H30N4O4/c1-4-17-14(21)11-19(5-2)12-15(22)18-13-7-9-20(10-8-13)16(23)24-6-3/h13H,4-12H2,1-3H3,(H,17,21)(H,18,22). The van der Waals surface area contributed by atoms with Crippen molar-refractivity contribution in [2.45, 2.75) is 39.7 Å². The Kier molecular flexibility index (Phi) is 9.14. The van der Waals surface area contributed by atoms with E-state index in [-0.39, 0.29) is 37.0 Å². The first kappa shape index (κ1) is 20.2. The van der Waals surface area contributed by atoms with Crippen LogP contribution in [0.1, 0.15) is 33.6 Å². The van der Waals surface area contributed by atoms with E-state index in [1.165, 1.54) is 0 Å². The van der Waals surface area contributed by atoms with Crippen molar-refractivity contribution in [3.63, 3.8) is 0 Å². The van der Waals surface area contributed by atoms with Crippen LogP contribution in [0.3, 0.4) is 0 Å². The summed E-state index contributed by atoms with van der Waals surface area (Å²) in [5, 5.41) is 5.72. The molecule has 3 amide bonds. The van der Waals surface area contributed by atoms with Gasteiger partial charge in [0.15, 0.2) is 0 Å². The van der Waals surface area contributed by atoms with Gasteiger partial charge in [-0.1, -0.05) is 6.92 Å². The van der Waals surface area contributed by atoms with E-state index in [4.69, 9.17) is 4.74 Å². The summed E-state index contributed by atoms with van der Waals surface area (Å²) < 4.78 is 4.98. The SMILES string of the molecule is CCNC(=O)CN(CC)CC(=O)NC1CCN(C(=O)OCC)CC1. The van der Waals surface area contributed by atoms with E-state index in [0.29, 0.717) is 45.6 Å². The molecule has 1 aliphatic rings. The molecule has 0 saturated carbocycles. The lowest BCUT2D eigenvalue weighted by atomic mass is 10.1. The van der Waals surface area contributed by atoms with E-state index in [1.54, 1.807) is 16.7 Å². The lowest BCUT2D eigenvalue weighted by molar-refractivity contribution is -0.125. The number of nitrogens with one attached hydrogen (secondary N) is 2. The molecule has 0 aliphatic carbocycles. The number of nitrogens with zero attached hydrogens (tertiary/aromatic N) is 2. The summed E-state index contributed by atoms with van der Waals surface area (Å²) in [5.74, 6) is -0.161. The largest absolute Gasteiger partial charge is 0.450 e. The molecule has 24 heavy (non-hydrogen) atoms. The van der Waals surface area contributed by atoms with E-state index in [1.807, 2.05) is 13.8 Å². The molecular weight excluding hydrogens is 312 g/mol. The molecule has 1 saturated heterocycles. The Bertz CT molecular complexity index is 422. The third-order valence-corrected chi connectivity index (χ3v) is 3.94. The minimum absolute atomic E-state index is 0.0614. The number of piperidine rings is 1. The maximum Gasteiger partial charge on any atom is 0.409 e. The molecule has 0 aromatic heterocycles. The average molecular weight is 342 g/mol. The highest BCUT2D eigenvalue weighted by atomic mass is 16.6. The van der Waals surface area contributed by atoms with Crippen molar-refractivity contribution in [2.24, 2.45) is 0 Å². The highest BCUT2D eigenvalue weighted by Crippen LogP contribution is 2.11. The molecule has 0 aromatic rings. The summed E-state index contributed by atoms with van der Waals surface area (Å²) in [6.45, 7) is 8.74. The predicted octanol–water partition coefficient (Wildman–Crippen LogP) is 0.182. The number of likely N-dealkylation sites (N-methyl/N-ethyl adjacent to an activating group) is 2. The number of rotatable bonds is 8. The molecule has 8 nitrogen and oxygen atoms in total. The molecular formula is C16H30N4O4. The topological polar surface area (TPSA) is 91.0 Å². The van der Waals surface area contributed by atoms with Crippen LogP contribution in [0, 0.1) is 0 Å². The Hall–Kier alpha value is -1.83. The number of amides is 3. The molecule has 1 heterocycles. The van der Waals surface area contributed by atoms with E-state index >= 15 is 0 Å². The van der Waals surface area contributed by atoms with Crippen molar-refractivity contribution in [2.75, 3.05) is 45.9 Å². The normalized spacial score (nSPS) is 15.2. The quantitative estimate of drug-likeness (QED) is 0.657. The predicted molar refractivity (Wildman–Crippen MR) is 90.6 cm³/mol. The van der Waals surface area contributed by atoms with Crippen LogP contribution < -0.4 is 10.6 Å². The van der Waals surface area contributed by atoms with Gasteiger partial charge in [0, 0.05) is 25.7 Å². The molecule has 1 aliphatic heterocycles. The van der Waals surface area contributed by atoms with Gasteiger partial charge in [0.25, 0.3) is 0 Å². The van der Waals surface area contributed by atoms with Crippen LogP contribution >= 0.6 is 0 Å². The van der Waals surface area contributed by atoms with Crippen molar-refractivity contribution in [1.82, 2.24) is 20.4 Å². The summed E-state index contributed by atoms with van der Waals surface area (Å²) in [7, 11) is 0. The van der Waals surface area contributed by atoms with Crippen LogP contribution in [0.2, 0.25) is 0 Å². The molecule has 1 rings (SSSR count). The fourth-order valence-corrected chi connectivity index (χ4v) is 2.63. The highest BCUT2D eigenvalue weighted by Gasteiger charge is 2.25. The second-order valence-corrected chi connectivity index (χ2v) is 5.78. The van der Waals surface area contributed by atoms with Gasteiger partial charge in [-0.25, -0.2) is 4.79 Å². The van der Waals surface area contributed by atoms with Gasteiger partial charge in [-0.05, 0) is 33.2 Å². The summed E-state index contributed by atoms with van der Waals surface area (Å²) >= 11 is 0. The maximum absolute atomic E-state index is 12.1. The van der Waals surface area contributed by atoms with Crippen molar-refractivity contribution < 1.29 is 19.1 Å². The van der Waals surface area contributed by atoms with Gasteiger partial charge in [0.05, 0.1) is 19.7 Å². The third kappa shape index (κ3) is 7.16. The number of ether oxygens (including phenoxy) is 1. The number of carbonyl (C=O) groups excluding carboxylic acids is 3. The molecule has 0 atom stereocenters. The molecule has 0 unspecified atom stereocenters. The van der Waals surface area contributed by atoms with Crippen LogP contribution in [0.25, 0.3) is 0 Å². The Balaban J connectivity index is 2.32. The fourth-order valence-electron chi connectivity index (χ4n) is 2.63. The minimum atomic E-state index is -0.290. The Morgan fingerprint density at radius 3 is 2.25 bits per heavy atom. The third-order valence-electron chi connectivity index (χ3n) is 3.94. The van der Waals surface area contributed by atoms with Crippen molar-refractivity contribution in [3.05, 3.63) is 0 Å². The first-order chi connectivity index (χ1) is 11.5. The van der Waals surface area contributed by atoms with E-state index in [9.17, 15) is 14.4 Å². The maximum atomic E-state index is 12.1. The van der Waals surface area contributed by atoms with Gasteiger partial charge in [-0.2, -0.15) is 0 Å². The molecule has 0 aromatic carbocycles. The zero-order valence-electron chi connectivity index (χ0n) is 15.0. The van der Waals surface area contributed by atoms with Crippen LogP contribution in [0.15, 0.2) is 0 Å². The summed E-state index contributed by atoms with van der Waals surface area (Å²) in [6, 6.07) is 0.0614. The van der Waals surface area contributed by atoms with Crippen molar-refractivity contribution >= 4 is 17.9 Å². The van der Waals surface area contributed by atoms with Crippen molar-refractivity contribution in [1.29, 1.82) is 0 Å². The lowest BCUT2D eigenvalue weighted by Crippen LogP contribution is -2.49. The van der Waals surface area contributed by atoms with Crippen LogP contribution in [-0.4, -0.2) is 79.6 Å². The molecule has 8 heteroatoms. The summed E-state index contributed by atoms with van der Waals surface area (Å²) in [6.07, 6.45) is 1.14. The van der Waals surface area contributed by atoms with Gasteiger partial charge < -0.3 is 20.3 Å². The zero-order chi connectivity index (χ0) is 17.9. The molecule has 138 valence electrons. The smallest absolute Gasteiger partial charge is 0.409 e. The van der Waals surface area contributed by atoms with Gasteiger partial charge in [-0.15, -0.1) is 0 Å². The summed E-state index contributed by atoms with van der Waals surface area (Å²) in [4.78, 5) is 38.9. The highest BCUT2D eigenvalue weighted by molar-refractivity contribution is 5.81. The first-order valence-electron chi connectivity index (χ1n) is 8.70. The lowest BCUT2D eigenvalue weighted by Gasteiger charge is -2.32. The van der Waals surface area contributed by atoms with E-state index < -0.39 is 0 Å². The Morgan fingerprint density at radius 1 is 1.08 bits per heavy atom. The minimum Gasteiger partial charge on any atom is -0.450 e. The number of likely N-dealkylation sites (tertiary alicyclic amines) is 1. The first-order valence-corrected chi connectivity index (χ1v) is 8.70. The van der Waals surface area contributed by atoms with Gasteiger partial charge in [0.1, 0.15) is 0 Å². The Morgan fingerprint density at radius 2 is 1.71 bits per heavy atom. The molecule has 2 N–H and O–H groups in total. The molecule has 0 spiro atoms. The van der Waals surface area contributed by atoms with E-state index in [2.05, 4.69) is 10.6 Å². The Labute approximate surface area is 143 Å². The monoisotopic (exact) mass is 342 g/mol. The molecule has 1 fully saturated rings. The van der Waals surface area contributed by atoms with Crippen LogP contribution in [0.4, 0.5) is 4.79 Å². The van der Waals surface area contributed by atoms with Crippen molar-refractivity contribution in [3.8, 4) is 0 Å². The molecule has 0 radical (unpaired) electrons.